The lowest BCUT2D eigenvalue weighted by Gasteiger charge is -2.34. The Bertz CT molecular complexity index is 1020. The van der Waals surface area contributed by atoms with Gasteiger partial charge in [0.2, 0.25) is 0 Å². The van der Waals surface area contributed by atoms with E-state index in [1.807, 2.05) is 48.5 Å². The second-order valence-corrected chi connectivity index (χ2v) is 10.6. The fourth-order valence-corrected chi connectivity index (χ4v) is 5.51. The molecule has 0 saturated carbocycles. The Kier molecular flexibility index (Phi) is 9.07. The summed E-state index contributed by atoms with van der Waals surface area (Å²) < 4.78 is 11.3. The molecule has 0 bridgehead atoms. The molecule has 192 valence electrons. The predicted octanol–water partition coefficient (Wildman–Crippen LogP) is 5.70. The van der Waals surface area contributed by atoms with Gasteiger partial charge in [0.15, 0.2) is 0 Å². The molecule has 2 aliphatic heterocycles. The Morgan fingerprint density at radius 1 is 0.750 bits per heavy atom. The molecule has 36 heavy (non-hydrogen) atoms. The third-order valence-corrected chi connectivity index (χ3v) is 7.09. The molecule has 2 N–H and O–H groups in total. The van der Waals surface area contributed by atoms with Crippen LogP contribution in [-0.2, 0) is 19.1 Å². The van der Waals surface area contributed by atoms with Crippen LogP contribution >= 0.6 is 23.2 Å². The highest BCUT2D eigenvalue weighted by atomic mass is 35.5. The molecule has 0 aliphatic carbocycles. The van der Waals surface area contributed by atoms with Crippen molar-refractivity contribution in [3.05, 3.63) is 81.9 Å². The van der Waals surface area contributed by atoms with Gasteiger partial charge in [0.1, 0.15) is 12.2 Å². The van der Waals surface area contributed by atoms with Gasteiger partial charge in [0.25, 0.3) is 0 Å². The zero-order chi connectivity index (χ0) is 25.7. The minimum absolute atomic E-state index is 0.0357. The van der Waals surface area contributed by atoms with Crippen LogP contribution in [0.5, 0.6) is 0 Å². The standard InChI is InChI=1S/C28H32Cl2N2O4/c1-17-11-23(15-25(31-17)19-5-3-7-21(29)13-19)35-27(33)9-10-28(34)36-24-12-18(2)32-26(16-24)20-6-4-8-22(30)14-20/h3-10,13-14,17-18,23-26,31-32H,11-12,15-16H2,1-2H3/b10-9+/t17-,18-,23+,24+,25-,26-/m0/s1. The average Bonchev–Trinajstić information content (AvgIpc) is 2.82. The van der Waals surface area contributed by atoms with Gasteiger partial charge in [-0.15, -0.1) is 0 Å². The molecule has 6 nitrogen and oxygen atoms in total. The van der Waals surface area contributed by atoms with Gasteiger partial charge in [0, 0.05) is 59.2 Å². The highest BCUT2D eigenvalue weighted by Crippen LogP contribution is 2.30. The number of ether oxygens (including phenoxy) is 2. The van der Waals surface area contributed by atoms with E-state index in [1.54, 1.807) is 0 Å². The molecule has 0 amide bonds. The number of nitrogens with one attached hydrogen (secondary N) is 2. The molecule has 2 aromatic carbocycles. The summed E-state index contributed by atoms with van der Waals surface area (Å²) >= 11 is 12.3. The first-order valence-corrected chi connectivity index (χ1v) is 13.1. The maximum atomic E-state index is 12.5. The summed E-state index contributed by atoms with van der Waals surface area (Å²) in [6, 6.07) is 15.8. The zero-order valence-electron chi connectivity index (χ0n) is 20.5. The van der Waals surface area contributed by atoms with Crippen LogP contribution in [0.3, 0.4) is 0 Å². The fourth-order valence-electron chi connectivity index (χ4n) is 5.11. The number of benzene rings is 2. The van der Waals surface area contributed by atoms with E-state index in [1.165, 1.54) is 0 Å². The molecular weight excluding hydrogens is 499 g/mol. The Hall–Kier alpha value is -2.38. The van der Waals surface area contributed by atoms with Gasteiger partial charge in [-0.2, -0.15) is 0 Å². The molecule has 4 rings (SSSR count). The van der Waals surface area contributed by atoms with Crippen LogP contribution in [0.2, 0.25) is 10.0 Å². The summed E-state index contributed by atoms with van der Waals surface area (Å²) in [5.41, 5.74) is 2.11. The van der Waals surface area contributed by atoms with E-state index < -0.39 is 11.9 Å². The Labute approximate surface area is 222 Å². The second-order valence-electron chi connectivity index (χ2n) is 9.74. The summed E-state index contributed by atoms with van der Waals surface area (Å²) in [4.78, 5) is 24.9. The zero-order valence-corrected chi connectivity index (χ0v) is 22.0. The summed E-state index contributed by atoms with van der Waals surface area (Å²) in [5.74, 6) is -1.10. The third kappa shape index (κ3) is 7.56. The first kappa shape index (κ1) is 26.7. The van der Waals surface area contributed by atoms with Crippen molar-refractivity contribution in [3.63, 3.8) is 0 Å². The maximum absolute atomic E-state index is 12.5. The summed E-state index contributed by atoms with van der Waals surface area (Å²) in [5, 5.41) is 8.39. The van der Waals surface area contributed by atoms with E-state index in [0.29, 0.717) is 35.7 Å². The van der Waals surface area contributed by atoms with Crippen LogP contribution in [0.4, 0.5) is 0 Å². The van der Waals surface area contributed by atoms with E-state index in [9.17, 15) is 9.59 Å². The molecule has 2 fully saturated rings. The molecule has 0 radical (unpaired) electrons. The lowest BCUT2D eigenvalue weighted by Crippen LogP contribution is -2.42. The molecule has 2 aromatic rings. The van der Waals surface area contributed by atoms with Crippen LogP contribution < -0.4 is 10.6 Å². The van der Waals surface area contributed by atoms with Crippen molar-refractivity contribution in [2.24, 2.45) is 0 Å². The largest absolute Gasteiger partial charge is 0.459 e. The molecule has 6 atom stereocenters. The number of carbonyl (C=O) groups is 2. The van der Waals surface area contributed by atoms with Gasteiger partial charge in [-0.3, -0.25) is 0 Å². The average molecular weight is 531 g/mol. The lowest BCUT2D eigenvalue weighted by atomic mass is 9.92. The number of esters is 2. The topological polar surface area (TPSA) is 76.7 Å². The van der Waals surface area contributed by atoms with Crippen LogP contribution in [0, 0.1) is 0 Å². The van der Waals surface area contributed by atoms with Gasteiger partial charge in [-0.1, -0.05) is 47.5 Å². The highest BCUT2D eigenvalue weighted by Gasteiger charge is 2.30. The van der Waals surface area contributed by atoms with E-state index in [-0.39, 0.29) is 36.4 Å². The van der Waals surface area contributed by atoms with Crippen LogP contribution in [-0.4, -0.2) is 36.2 Å². The Morgan fingerprint density at radius 2 is 1.17 bits per heavy atom. The molecule has 0 unspecified atom stereocenters. The monoisotopic (exact) mass is 530 g/mol. The van der Waals surface area contributed by atoms with Gasteiger partial charge in [-0.25, -0.2) is 9.59 Å². The SMILES string of the molecule is C[C@H]1C[C@@H](OC(=O)/C=C/C(=O)O[C@H]2C[C@@H](c3cccc(Cl)c3)N[C@@H](C)C2)C[C@@H](c2cccc(Cl)c2)N1. The number of rotatable bonds is 6. The molecule has 2 aliphatic rings. The minimum Gasteiger partial charge on any atom is -0.459 e. The van der Waals surface area contributed by atoms with Crippen LogP contribution in [0.15, 0.2) is 60.7 Å². The molecule has 2 heterocycles. The number of carbonyl (C=O) groups excluding carboxylic acids is 2. The van der Waals surface area contributed by atoms with Crippen molar-refractivity contribution in [3.8, 4) is 0 Å². The van der Waals surface area contributed by atoms with E-state index in [0.717, 1.165) is 23.3 Å². The van der Waals surface area contributed by atoms with Gasteiger partial charge >= 0.3 is 11.9 Å². The summed E-state index contributed by atoms with van der Waals surface area (Å²) in [7, 11) is 0. The van der Waals surface area contributed by atoms with Gasteiger partial charge in [0.05, 0.1) is 0 Å². The number of piperidine rings is 2. The minimum atomic E-state index is -0.550. The Balaban J connectivity index is 1.29. The molecule has 0 spiro atoms. The lowest BCUT2D eigenvalue weighted by molar-refractivity contribution is -0.148. The summed E-state index contributed by atoms with van der Waals surface area (Å²) in [6.45, 7) is 4.11. The first-order chi connectivity index (χ1) is 17.2. The smallest absolute Gasteiger partial charge is 0.331 e. The Morgan fingerprint density at radius 3 is 1.56 bits per heavy atom. The van der Waals surface area contributed by atoms with Crippen molar-refractivity contribution in [2.75, 3.05) is 0 Å². The molecule has 8 heteroatoms. The van der Waals surface area contributed by atoms with E-state index >= 15 is 0 Å². The van der Waals surface area contributed by atoms with Crippen molar-refractivity contribution in [2.45, 2.75) is 75.9 Å². The van der Waals surface area contributed by atoms with Crippen molar-refractivity contribution >= 4 is 35.1 Å². The number of halogens is 2. The van der Waals surface area contributed by atoms with E-state index in [2.05, 4.69) is 24.5 Å². The quantitative estimate of drug-likeness (QED) is 0.368. The van der Waals surface area contributed by atoms with Gasteiger partial charge in [-0.05, 0) is 62.1 Å². The number of hydrogen-bond donors (Lipinski definition) is 2. The predicted molar refractivity (Wildman–Crippen MR) is 141 cm³/mol. The first-order valence-electron chi connectivity index (χ1n) is 12.4. The fraction of sp³-hybridized carbons (Fsp3) is 0.429. The van der Waals surface area contributed by atoms with Gasteiger partial charge < -0.3 is 20.1 Å². The van der Waals surface area contributed by atoms with Crippen molar-refractivity contribution < 1.29 is 19.1 Å². The van der Waals surface area contributed by atoms with Crippen LogP contribution in [0.25, 0.3) is 0 Å². The van der Waals surface area contributed by atoms with Crippen molar-refractivity contribution in [1.29, 1.82) is 0 Å². The van der Waals surface area contributed by atoms with Crippen LogP contribution in [0.1, 0.15) is 62.7 Å². The normalized spacial score (nSPS) is 28.6. The van der Waals surface area contributed by atoms with Crippen molar-refractivity contribution in [1.82, 2.24) is 10.6 Å². The number of hydrogen-bond acceptors (Lipinski definition) is 6. The van der Waals surface area contributed by atoms with E-state index in [4.69, 9.17) is 32.7 Å². The maximum Gasteiger partial charge on any atom is 0.331 e. The molecular formula is C28H32Cl2N2O4. The summed E-state index contributed by atoms with van der Waals surface area (Å²) in [6.07, 6.45) is 4.44. The molecule has 2 saturated heterocycles. The highest BCUT2D eigenvalue weighted by molar-refractivity contribution is 6.30. The third-order valence-electron chi connectivity index (χ3n) is 6.62. The second kappa shape index (κ2) is 12.2. The molecule has 0 aromatic heterocycles.